The Labute approximate surface area is 125 Å². The van der Waals surface area contributed by atoms with Crippen LogP contribution >= 0.6 is 0 Å². The van der Waals surface area contributed by atoms with E-state index in [0.29, 0.717) is 23.6 Å². The zero-order valence-electron chi connectivity index (χ0n) is 13.1. The van der Waals surface area contributed by atoms with Gasteiger partial charge in [-0.3, -0.25) is 0 Å². The number of ether oxygens (including phenoxy) is 1. The van der Waals surface area contributed by atoms with Crippen molar-refractivity contribution in [1.29, 1.82) is 0 Å². The molecule has 6 nitrogen and oxygen atoms in total. The normalized spacial score (nSPS) is 14.4. The molecule has 0 aliphatic heterocycles. The average molecular weight is 291 g/mol. The summed E-state index contributed by atoms with van der Waals surface area (Å²) in [5, 5.41) is 4.11. The quantitative estimate of drug-likeness (QED) is 0.809. The monoisotopic (exact) mass is 291 g/mol. The molecule has 0 fully saturated rings. The topological polar surface area (TPSA) is 78.3 Å². The van der Waals surface area contributed by atoms with E-state index in [2.05, 4.69) is 28.9 Å². The third-order valence-corrected chi connectivity index (χ3v) is 4.01. The minimum Gasteiger partial charge on any atom is -0.383 e. The van der Waals surface area contributed by atoms with Crippen LogP contribution in [0.1, 0.15) is 57.4 Å². The molecule has 2 N–H and O–H groups in total. The Morgan fingerprint density at radius 1 is 1.29 bits per heavy atom. The van der Waals surface area contributed by atoms with E-state index in [0.717, 1.165) is 37.7 Å². The first-order valence-electron chi connectivity index (χ1n) is 7.64. The van der Waals surface area contributed by atoms with Gasteiger partial charge in [0.25, 0.3) is 5.78 Å². The summed E-state index contributed by atoms with van der Waals surface area (Å²) in [6.45, 7) is 4.37. The van der Waals surface area contributed by atoms with Crippen LogP contribution in [-0.4, -0.2) is 32.8 Å². The highest BCUT2D eigenvalue weighted by atomic mass is 16.5. The van der Waals surface area contributed by atoms with E-state index in [4.69, 9.17) is 10.5 Å². The summed E-state index contributed by atoms with van der Waals surface area (Å²) in [7, 11) is 1.80. The number of aromatic nitrogens is 4. The van der Waals surface area contributed by atoms with Crippen LogP contribution in [0, 0.1) is 0 Å². The van der Waals surface area contributed by atoms with Gasteiger partial charge in [-0.1, -0.05) is 26.7 Å². The lowest BCUT2D eigenvalue weighted by atomic mass is 9.95. The molecule has 0 radical (unpaired) electrons. The van der Waals surface area contributed by atoms with Crippen LogP contribution in [0.15, 0.2) is 12.5 Å². The van der Waals surface area contributed by atoms with Gasteiger partial charge < -0.3 is 10.5 Å². The van der Waals surface area contributed by atoms with Crippen LogP contribution in [0.2, 0.25) is 0 Å². The predicted molar refractivity (Wildman–Crippen MR) is 83.2 cm³/mol. The molecule has 0 saturated heterocycles. The Kier molecular flexibility index (Phi) is 5.50. The molecule has 0 aliphatic rings. The highest BCUT2D eigenvalue weighted by molar-refractivity contribution is 5.46. The van der Waals surface area contributed by atoms with Gasteiger partial charge in [0.15, 0.2) is 0 Å². The molecule has 0 saturated carbocycles. The van der Waals surface area contributed by atoms with E-state index in [1.807, 2.05) is 6.20 Å². The maximum atomic E-state index is 6.17. The van der Waals surface area contributed by atoms with Gasteiger partial charge in [-0.2, -0.15) is 14.6 Å². The van der Waals surface area contributed by atoms with Crippen molar-refractivity contribution in [2.45, 2.75) is 58.0 Å². The summed E-state index contributed by atoms with van der Waals surface area (Å²) in [6.07, 6.45) is 9.23. The van der Waals surface area contributed by atoms with Crippen molar-refractivity contribution in [3.63, 3.8) is 0 Å². The SMILES string of the molecule is CCCC(CCCC(C)c1cnc2ncnn2c1N)OC. The molecule has 2 heterocycles. The van der Waals surface area contributed by atoms with Crippen LogP contribution in [0.4, 0.5) is 5.82 Å². The van der Waals surface area contributed by atoms with Gasteiger partial charge in [0, 0.05) is 18.9 Å². The van der Waals surface area contributed by atoms with Crippen molar-refractivity contribution >= 4 is 11.6 Å². The van der Waals surface area contributed by atoms with Crippen molar-refractivity contribution in [3.05, 3.63) is 18.1 Å². The Bertz CT molecular complexity index is 568. The van der Waals surface area contributed by atoms with Crippen LogP contribution in [0.3, 0.4) is 0 Å². The van der Waals surface area contributed by atoms with Gasteiger partial charge in [-0.15, -0.1) is 0 Å². The lowest BCUT2D eigenvalue weighted by molar-refractivity contribution is 0.0847. The molecule has 2 rings (SSSR count). The molecule has 21 heavy (non-hydrogen) atoms. The average Bonchev–Trinajstić information content (AvgIpc) is 2.96. The molecule has 0 aliphatic carbocycles. The fraction of sp³-hybridized carbons (Fsp3) is 0.667. The number of nitrogens with zero attached hydrogens (tertiary/aromatic N) is 4. The fourth-order valence-electron chi connectivity index (χ4n) is 2.70. The van der Waals surface area contributed by atoms with E-state index >= 15 is 0 Å². The molecule has 116 valence electrons. The minimum atomic E-state index is 0.352. The number of rotatable bonds is 8. The summed E-state index contributed by atoms with van der Waals surface area (Å²) < 4.78 is 7.09. The second-order valence-electron chi connectivity index (χ2n) is 5.55. The molecule has 0 spiro atoms. The number of fused-ring (bicyclic) bond motifs is 1. The molecule has 0 bridgehead atoms. The lowest BCUT2D eigenvalue weighted by Gasteiger charge is -2.17. The fourth-order valence-corrected chi connectivity index (χ4v) is 2.70. The van der Waals surface area contributed by atoms with Crippen LogP contribution in [-0.2, 0) is 4.74 Å². The molecular weight excluding hydrogens is 266 g/mol. The molecular formula is C15H25N5O. The molecule has 0 amide bonds. The minimum absolute atomic E-state index is 0.352. The molecule has 2 aromatic heterocycles. The van der Waals surface area contributed by atoms with E-state index in [1.165, 1.54) is 6.33 Å². The van der Waals surface area contributed by atoms with E-state index in [1.54, 1.807) is 11.6 Å². The number of anilines is 1. The molecule has 2 unspecified atom stereocenters. The maximum absolute atomic E-state index is 6.17. The van der Waals surface area contributed by atoms with Crippen molar-refractivity contribution in [2.75, 3.05) is 12.8 Å². The van der Waals surface area contributed by atoms with Gasteiger partial charge in [0.2, 0.25) is 0 Å². The number of methoxy groups -OCH3 is 1. The molecule has 0 aromatic carbocycles. The zero-order valence-corrected chi connectivity index (χ0v) is 13.1. The lowest BCUT2D eigenvalue weighted by Crippen LogP contribution is -2.11. The summed E-state index contributed by atoms with van der Waals surface area (Å²) in [5.41, 5.74) is 7.20. The van der Waals surface area contributed by atoms with Crippen molar-refractivity contribution in [3.8, 4) is 0 Å². The Balaban J connectivity index is 1.95. The summed E-state index contributed by atoms with van der Waals surface area (Å²) in [5.74, 6) is 1.54. The van der Waals surface area contributed by atoms with Crippen LogP contribution < -0.4 is 5.73 Å². The first-order valence-corrected chi connectivity index (χ1v) is 7.64. The van der Waals surface area contributed by atoms with Crippen molar-refractivity contribution in [1.82, 2.24) is 19.6 Å². The first kappa shape index (κ1) is 15.7. The molecule has 6 heteroatoms. The largest absolute Gasteiger partial charge is 0.383 e. The van der Waals surface area contributed by atoms with E-state index < -0.39 is 0 Å². The van der Waals surface area contributed by atoms with Gasteiger partial charge in [-0.05, 0) is 25.2 Å². The second kappa shape index (κ2) is 7.36. The Morgan fingerprint density at radius 2 is 2.10 bits per heavy atom. The van der Waals surface area contributed by atoms with Gasteiger partial charge in [0.05, 0.1) is 6.10 Å². The van der Waals surface area contributed by atoms with E-state index in [-0.39, 0.29) is 0 Å². The van der Waals surface area contributed by atoms with Gasteiger partial charge >= 0.3 is 0 Å². The highest BCUT2D eigenvalue weighted by Gasteiger charge is 2.14. The van der Waals surface area contributed by atoms with Crippen LogP contribution in [0.5, 0.6) is 0 Å². The third-order valence-electron chi connectivity index (χ3n) is 4.01. The van der Waals surface area contributed by atoms with Gasteiger partial charge in [0.1, 0.15) is 12.1 Å². The number of hydrogen-bond donors (Lipinski definition) is 1. The van der Waals surface area contributed by atoms with Gasteiger partial charge in [-0.25, -0.2) is 4.98 Å². The summed E-state index contributed by atoms with van der Waals surface area (Å²) in [4.78, 5) is 8.34. The highest BCUT2D eigenvalue weighted by Crippen LogP contribution is 2.26. The zero-order chi connectivity index (χ0) is 15.2. The third kappa shape index (κ3) is 3.69. The summed E-state index contributed by atoms with van der Waals surface area (Å²) in [6, 6.07) is 0. The van der Waals surface area contributed by atoms with E-state index in [9.17, 15) is 0 Å². The standard InChI is InChI=1S/C15H25N5O/c1-4-6-12(21-3)8-5-7-11(2)13-9-17-15-18-10-19-20(15)14(13)16/h9-12H,4-8,16H2,1-3H3. The Morgan fingerprint density at radius 3 is 2.81 bits per heavy atom. The molecule has 2 atom stereocenters. The number of nitrogens with two attached hydrogens (primary N) is 1. The smallest absolute Gasteiger partial charge is 0.254 e. The first-order chi connectivity index (χ1) is 10.2. The Hall–Kier alpha value is -1.69. The second-order valence-corrected chi connectivity index (χ2v) is 5.55. The number of hydrogen-bond acceptors (Lipinski definition) is 5. The van der Waals surface area contributed by atoms with Crippen LogP contribution in [0.25, 0.3) is 5.78 Å². The predicted octanol–water partition coefficient (Wildman–Crippen LogP) is 2.80. The summed E-state index contributed by atoms with van der Waals surface area (Å²) >= 11 is 0. The van der Waals surface area contributed by atoms with Crippen molar-refractivity contribution in [2.24, 2.45) is 0 Å². The maximum Gasteiger partial charge on any atom is 0.254 e. The molecule has 2 aromatic rings. The number of nitrogen functional groups attached to an aromatic ring is 1. The van der Waals surface area contributed by atoms with Crippen molar-refractivity contribution < 1.29 is 4.74 Å².